The van der Waals surface area contributed by atoms with Gasteiger partial charge in [0.05, 0.1) is 11.0 Å². The molecule has 2 aromatic carbocycles. The molecule has 0 atom stereocenters. The molecule has 0 spiro atoms. The molecule has 1 aliphatic rings. The Balaban J connectivity index is 1.83. The molecule has 1 fully saturated rings. The number of hydrogen-bond donors (Lipinski definition) is 0. The molecular formula is C20H23N3O2S. The first kappa shape index (κ1) is 17.2. The van der Waals surface area contributed by atoms with Crippen LogP contribution in [0.1, 0.15) is 37.1 Å². The maximum absolute atomic E-state index is 13.5. The second-order valence-corrected chi connectivity index (χ2v) is 8.54. The highest BCUT2D eigenvalue weighted by Crippen LogP contribution is 2.24. The van der Waals surface area contributed by atoms with Crippen molar-refractivity contribution in [2.75, 3.05) is 13.1 Å². The van der Waals surface area contributed by atoms with Gasteiger partial charge >= 0.3 is 10.2 Å². The first-order valence-corrected chi connectivity index (χ1v) is 10.6. The zero-order valence-electron chi connectivity index (χ0n) is 14.7. The summed E-state index contributed by atoms with van der Waals surface area (Å²) in [5.41, 5.74) is 2.43. The van der Waals surface area contributed by atoms with Gasteiger partial charge in [0.15, 0.2) is 0 Å². The standard InChI is InChI=1S/C20H23N3O2S/c24-26(25,22-14-8-1-2-9-15-22)23-19-13-7-6-12-18(19)21-20(23)16-17-10-4-3-5-11-17/h3-7,10-13H,1-2,8-9,14-16H2. The molecule has 1 saturated heterocycles. The number of aromatic nitrogens is 2. The molecule has 0 unspecified atom stereocenters. The number of hydrogen-bond acceptors (Lipinski definition) is 3. The van der Waals surface area contributed by atoms with E-state index in [1.165, 1.54) is 3.97 Å². The lowest BCUT2D eigenvalue weighted by Crippen LogP contribution is -2.37. The smallest absolute Gasteiger partial charge is 0.232 e. The number of fused-ring (bicyclic) bond motifs is 1. The second-order valence-electron chi connectivity index (χ2n) is 6.76. The molecule has 2 heterocycles. The van der Waals surface area contributed by atoms with Crippen molar-refractivity contribution < 1.29 is 8.42 Å². The van der Waals surface area contributed by atoms with Gasteiger partial charge in [-0.25, -0.2) is 8.96 Å². The molecule has 3 aromatic rings. The van der Waals surface area contributed by atoms with Crippen molar-refractivity contribution in [1.29, 1.82) is 0 Å². The Kier molecular flexibility index (Phi) is 4.78. The van der Waals surface area contributed by atoms with E-state index in [2.05, 4.69) is 4.98 Å². The van der Waals surface area contributed by atoms with Gasteiger partial charge < -0.3 is 0 Å². The van der Waals surface area contributed by atoms with Crippen LogP contribution >= 0.6 is 0 Å². The Bertz CT molecular complexity index is 988. The van der Waals surface area contributed by atoms with Crippen LogP contribution in [0.15, 0.2) is 54.6 Å². The predicted octanol–water partition coefficient (Wildman–Crippen LogP) is 3.60. The molecule has 1 aromatic heterocycles. The van der Waals surface area contributed by atoms with Gasteiger partial charge in [0.25, 0.3) is 0 Å². The van der Waals surface area contributed by atoms with E-state index in [4.69, 9.17) is 0 Å². The molecule has 0 N–H and O–H groups in total. The second kappa shape index (κ2) is 7.21. The van der Waals surface area contributed by atoms with Crippen molar-refractivity contribution in [3.8, 4) is 0 Å². The minimum atomic E-state index is -3.63. The van der Waals surface area contributed by atoms with Crippen molar-refractivity contribution in [3.63, 3.8) is 0 Å². The number of nitrogens with zero attached hydrogens (tertiary/aromatic N) is 3. The average molecular weight is 369 g/mol. The normalized spacial score (nSPS) is 16.6. The van der Waals surface area contributed by atoms with E-state index in [0.717, 1.165) is 36.8 Å². The van der Waals surface area contributed by atoms with Crippen molar-refractivity contribution in [2.45, 2.75) is 32.1 Å². The van der Waals surface area contributed by atoms with Crippen LogP contribution in [-0.2, 0) is 16.6 Å². The SMILES string of the molecule is O=S(=O)(N1CCCCCC1)n1c(Cc2ccccc2)nc2ccccc21. The summed E-state index contributed by atoms with van der Waals surface area (Å²) < 4.78 is 30.0. The van der Waals surface area contributed by atoms with Crippen LogP contribution in [0.4, 0.5) is 0 Å². The lowest BCUT2D eigenvalue weighted by Gasteiger charge is -2.22. The first-order valence-electron chi connectivity index (χ1n) is 9.17. The molecule has 0 saturated carbocycles. The summed E-state index contributed by atoms with van der Waals surface area (Å²) in [6.45, 7) is 1.17. The van der Waals surface area contributed by atoms with Crippen molar-refractivity contribution >= 4 is 21.2 Å². The highest BCUT2D eigenvalue weighted by atomic mass is 32.2. The maximum Gasteiger partial charge on any atom is 0.309 e. The Hall–Kier alpha value is -2.18. The third kappa shape index (κ3) is 3.27. The number of benzene rings is 2. The highest BCUT2D eigenvalue weighted by molar-refractivity contribution is 7.87. The number of para-hydroxylation sites is 2. The Labute approximate surface area is 154 Å². The largest absolute Gasteiger partial charge is 0.309 e. The number of imidazole rings is 1. The first-order chi connectivity index (χ1) is 12.7. The topological polar surface area (TPSA) is 55.2 Å². The zero-order valence-corrected chi connectivity index (χ0v) is 15.5. The molecule has 0 radical (unpaired) electrons. The van der Waals surface area contributed by atoms with Crippen molar-refractivity contribution in [3.05, 3.63) is 66.0 Å². The van der Waals surface area contributed by atoms with Crippen molar-refractivity contribution in [2.24, 2.45) is 0 Å². The van der Waals surface area contributed by atoms with E-state index < -0.39 is 10.2 Å². The van der Waals surface area contributed by atoms with Gasteiger partial charge in [0.2, 0.25) is 0 Å². The van der Waals surface area contributed by atoms with Crippen LogP contribution < -0.4 is 0 Å². The molecule has 5 nitrogen and oxygen atoms in total. The summed E-state index contributed by atoms with van der Waals surface area (Å²) in [4.78, 5) is 4.65. The summed E-state index contributed by atoms with van der Waals surface area (Å²) in [6, 6.07) is 17.4. The fourth-order valence-corrected chi connectivity index (χ4v) is 5.31. The highest BCUT2D eigenvalue weighted by Gasteiger charge is 2.29. The van der Waals surface area contributed by atoms with Gasteiger partial charge in [-0.2, -0.15) is 12.7 Å². The van der Waals surface area contributed by atoms with Crippen LogP contribution in [0.25, 0.3) is 11.0 Å². The Morgan fingerprint density at radius 3 is 2.23 bits per heavy atom. The van der Waals surface area contributed by atoms with Crippen LogP contribution in [0.2, 0.25) is 0 Å². The van der Waals surface area contributed by atoms with E-state index in [-0.39, 0.29) is 0 Å². The van der Waals surface area contributed by atoms with Crippen LogP contribution in [0.3, 0.4) is 0 Å². The van der Waals surface area contributed by atoms with E-state index in [9.17, 15) is 8.42 Å². The quantitative estimate of drug-likeness (QED) is 0.706. The zero-order chi connectivity index (χ0) is 18.0. The molecular weight excluding hydrogens is 346 g/mol. The fraction of sp³-hybridized carbons (Fsp3) is 0.350. The Morgan fingerprint density at radius 2 is 1.50 bits per heavy atom. The van der Waals surface area contributed by atoms with Crippen LogP contribution in [0.5, 0.6) is 0 Å². The van der Waals surface area contributed by atoms with Crippen LogP contribution in [0, 0.1) is 0 Å². The average Bonchev–Trinajstić information content (AvgIpc) is 2.82. The lowest BCUT2D eigenvalue weighted by atomic mass is 10.1. The monoisotopic (exact) mass is 369 g/mol. The molecule has 1 aliphatic heterocycles. The molecule has 6 heteroatoms. The summed E-state index contributed by atoms with van der Waals surface area (Å²) in [5, 5.41) is 0. The van der Waals surface area contributed by atoms with Gasteiger partial charge in [-0.1, -0.05) is 55.3 Å². The minimum absolute atomic E-state index is 0.489. The van der Waals surface area contributed by atoms with Gasteiger partial charge in [0, 0.05) is 19.5 Å². The van der Waals surface area contributed by atoms with E-state index in [1.54, 1.807) is 4.31 Å². The molecule has 0 aliphatic carbocycles. The van der Waals surface area contributed by atoms with E-state index in [0.29, 0.717) is 30.9 Å². The summed E-state index contributed by atoms with van der Waals surface area (Å²) >= 11 is 0. The van der Waals surface area contributed by atoms with E-state index in [1.807, 2.05) is 54.6 Å². The van der Waals surface area contributed by atoms with Gasteiger partial charge in [-0.05, 0) is 30.5 Å². The molecule has 4 rings (SSSR count). The molecule has 0 bridgehead atoms. The minimum Gasteiger partial charge on any atom is -0.232 e. The predicted molar refractivity (Wildman–Crippen MR) is 103 cm³/mol. The van der Waals surface area contributed by atoms with Crippen LogP contribution in [-0.4, -0.2) is 34.8 Å². The third-order valence-electron chi connectivity index (χ3n) is 4.91. The van der Waals surface area contributed by atoms with Gasteiger partial charge in [-0.3, -0.25) is 0 Å². The fourth-order valence-electron chi connectivity index (χ4n) is 3.59. The number of rotatable bonds is 4. The van der Waals surface area contributed by atoms with E-state index >= 15 is 0 Å². The van der Waals surface area contributed by atoms with Gasteiger partial charge in [-0.15, -0.1) is 0 Å². The third-order valence-corrected chi connectivity index (χ3v) is 6.80. The summed E-state index contributed by atoms with van der Waals surface area (Å²) in [7, 11) is -3.63. The summed E-state index contributed by atoms with van der Waals surface area (Å²) in [6.07, 6.45) is 4.50. The summed E-state index contributed by atoms with van der Waals surface area (Å²) in [5.74, 6) is 0.571. The Morgan fingerprint density at radius 1 is 0.846 bits per heavy atom. The van der Waals surface area contributed by atoms with Gasteiger partial charge in [0.1, 0.15) is 5.82 Å². The molecule has 26 heavy (non-hydrogen) atoms. The van der Waals surface area contributed by atoms with Crippen molar-refractivity contribution in [1.82, 2.24) is 13.3 Å². The maximum atomic E-state index is 13.5. The molecule has 0 amide bonds. The molecule has 136 valence electrons. The lowest BCUT2D eigenvalue weighted by molar-refractivity contribution is 0.417.